The maximum absolute atomic E-state index is 13.1. The Kier molecular flexibility index (Phi) is 5.50. The molecule has 0 bridgehead atoms. The SMILES string of the molecule is C=C/C(C(=O)Nc1c(C)cc(C)c(N2CCCC2)c1C)=c1/ccccc1=C. The van der Waals surface area contributed by atoms with Gasteiger partial charge in [0, 0.05) is 30.0 Å². The van der Waals surface area contributed by atoms with E-state index in [-0.39, 0.29) is 5.91 Å². The van der Waals surface area contributed by atoms with E-state index in [9.17, 15) is 4.79 Å². The van der Waals surface area contributed by atoms with Crippen molar-refractivity contribution >= 4 is 29.4 Å². The molecule has 3 nitrogen and oxygen atoms in total. The van der Waals surface area contributed by atoms with Crippen LogP contribution in [-0.4, -0.2) is 19.0 Å². The highest BCUT2D eigenvalue weighted by Gasteiger charge is 2.21. The molecule has 27 heavy (non-hydrogen) atoms. The highest BCUT2D eigenvalue weighted by Crippen LogP contribution is 2.35. The molecule has 2 aromatic rings. The molecule has 0 spiro atoms. The molecule has 2 aromatic carbocycles. The van der Waals surface area contributed by atoms with E-state index in [0.29, 0.717) is 5.57 Å². The van der Waals surface area contributed by atoms with Crippen LogP contribution in [-0.2, 0) is 4.79 Å². The standard InChI is InChI=1S/C24H28N2O/c1-6-20(21-12-8-7-11-16(21)2)24(27)25-22-17(3)15-18(4)23(19(22)5)26-13-9-10-14-26/h6-8,11-12,15H,1-2,9-10,13-14H2,3-5H3,(H,25,27)/b21-20+. The molecular formula is C24H28N2O. The Morgan fingerprint density at radius 2 is 1.78 bits per heavy atom. The van der Waals surface area contributed by atoms with Crippen LogP contribution in [0.15, 0.2) is 43.0 Å². The summed E-state index contributed by atoms with van der Waals surface area (Å²) in [7, 11) is 0. The van der Waals surface area contributed by atoms with Crippen molar-refractivity contribution in [3.05, 3.63) is 70.1 Å². The first-order valence-corrected chi connectivity index (χ1v) is 9.52. The third kappa shape index (κ3) is 3.68. The van der Waals surface area contributed by atoms with E-state index in [1.165, 1.54) is 24.1 Å². The van der Waals surface area contributed by atoms with Crippen LogP contribution in [0.4, 0.5) is 11.4 Å². The van der Waals surface area contributed by atoms with Gasteiger partial charge in [-0.05, 0) is 60.7 Å². The molecule has 0 atom stereocenters. The summed E-state index contributed by atoms with van der Waals surface area (Å²) in [6.07, 6.45) is 4.06. The van der Waals surface area contributed by atoms with Gasteiger partial charge in [0.05, 0.1) is 0 Å². The van der Waals surface area contributed by atoms with Crippen LogP contribution in [0.5, 0.6) is 0 Å². The highest BCUT2D eigenvalue weighted by atomic mass is 16.1. The summed E-state index contributed by atoms with van der Waals surface area (Å²) < 4.78 is 0. The average Bonchev–Trinajstić information content (AvgIpc) is 3.15. The second kappa shape index (κ2) is 7.83. The summed E-state index contributed by atoms with van der Waals surface area (Å²) in [6.45, 7) is 16.3. The van der Waals surface area contributed by atoms with E-state index in [4.69, 9.17) is 0 Å². The van der Waals surface area contributed by atoms with E-state index in [0.717, 1.165) is 40.3 Å². The smallest absolute Gasteiger partial charge is 0.256 e. The first-order chi connectivity index (χ1) is 12.9. The van der Waals surface area contributed by atoms with Crippen molar-refractivity contribution in [2.24, 2.45) is 0 Å². The average molecular weight is 361 g/mol. The van der Waals surface area contributed by atoms with Crippen molar-refractivity contribution in [1.29, 1.82) is 0 Å². The number of benzene rings is 2. The van der Waals surface area contributed by atoms with Gasteiger partial charge in [0.15, 0.2) is 0 Å². The van der Waals surface area contributed by atoms with Gasteiger partial charge in [-0.25, -0.2) is 0 Å². The fourth-order valence-corrected chi connectivity index (χ4v) is 4.08. The van der Waals surface area contributed by atoms with Gasteiger partial charge in [0.1, 0.15) is 0 Å². The fraction of sp³-hybridized carbons (Fsp3) is 0.292. The third-order valence-electron chi connectivity index (χ3n) is 5.35. The van der Waals surface area contributed by atoms with Gasteiger partial charge < -0.3 is 10.2 Å². The normalized spacial score (nSPS) is 14.9. The maximum Gasteiger partial charge on any atom is 0.256 e. The lowest BCUT2D eigenvalue weighted by atomic mass is 10.0. The number of hydrogen-bond donors (Lipinski definition) is 1. The number of anilines is 2. The van der Waals surface area contributed by atoms with Crippen molar-refractivity contribution in [1.82, 2.24) is 0 Å². The van der Waals surface area contributed by atoms with Gasteiger partial charge >= 0.3 is 0 Å². The number of carbonyl (C=O) groups is 1. The lowest BCUT2D eigenvalue weighted by molar-refractivity contribution is -0.111. The molecule has 1 N–H and O–H groups in total. The predicted molar refractivity (Wildman–Crippen MR) is 116 cm³/mol. The minimum absolute atomic E-state index is 0.150. The van der Waals surface area contributed by atoms with Crippen molar-refractivity contribution < 1.29 is 4.79 Å². The van der Waals surface area contributed by atoms with Gasteiger partial charge in [-0.1, -0.05) is 49.6 Å². The summed E-state index contributed by atoms with van der Waals surface area (Å²) in [5.74, 6) is -0.150. The van der Waals surface area contributed by atoms with Crippen LogP contribution in [0.1, 0.15) is 29.5 Å². The first kappa shape index (κ1) is 19.0. The van der Waals surface area contributed by atoms with Gasteiger partial charge in [-0.2, -0.15) is 0 Å². The Bertz CT molecular complexity index is 998. The Morgan fingerprint density at radius 3 is 2.41 bits per heavy atom. The van der Waals surface area contributed by atoms with E-state index in [2.05, 4.69) is 43.3 Å². The summed E-state index contributed by atoms with van der Waals surface area (Å²) >= 11 is 0. The zero-order valence-electron chi connectivity index (χ0n) is 16.6. The molecule has 0 aromatic heterocycles. The molecule has 0 saturated carbocycles. The van der Waals surface area contributed by atoms with E-state index < -0.39 is 0 Å². The number of rotatable bonds is 4. The zero-order valence-corrected chi connectivity index (χ0v) is 16.6. The Balaban J connectivity index is 2.05. The molecule has 0 aliphatic carbocycles. The van der Waals surface area contributed by atoms with Crippen LogP contribution in [0.2, 0.25) is 0 Å². The Hall–Kier alpha value is -2.81. The van der Waals surface area contributed by atoms with E-state index in [1.807, 2.05) is 31.2 Å². The molecule has 140 valence electrons. The highest BCUT2D eigenvalue weighted by molar-refractivity contribution is 6.23. The van der Waals surface area contributed by atoms with Gasteiger partial charge in [0.2, 0.25) is 0 Å². The second-order valence-corrected chi connectivity index (χ2v) is 7.28. The van der Waals surface area contributed by atoms with Crippen LogP contribution < -0.4 is 20.7 Å². The van der Waals surface area contributed by atoms with Crippen LogP contribution in [0.25, 0.3) is 12.2 Å². The maximum atomic E-state index is 13.1. The largest absolute Gasteiger partial charge is 0.371 e. The number of nitrogens with one attached hydrogen (secondary N) is 1. The van der Waals surface area contributed by atoms with Crippen LogP contribution in [0, 0.1) is 20.8 Å². The molecule has 0 unspecified atom stereocenters. The quantitative estimate of drug-likeness (QED) is 0.904. The summed E-state index contributed by atoms with van der Waals surface area (Å²) in [5, 5.41) is 4.77. The molecule has 1 amide bonds. The zero-order chi connectivity index (χ0) is 19.6. The molecule has 1 fully saturated rings. The van der Waals surface area contributed by atoms with Crippen LogP contribution in [0.3, 0.4) is 0 Å². The minimum atomic E-state index is -0.150. The van der Waals surface area contributed by atoms with Crippen molar-refractivity contribution in [2.75, 3.05) is 23.3 Å². The minimum Gasteiger partial charge on any atom is -0.371 e. The number of amides is 1. The molecule has 3 rings (SSSR count). The summed E-state index contributed by atoms with van der Waals surface area (Å²) in [6, 6.07) is 9.80. The fourth-order valence-electron chi connectivity index (χ4n) is 4.08. The van der Waals surface area contributed by atoms with Gasteiger partial charge in [-0.3, -0.25) is 4.79 Å². The lowest BCUT2D eigenvalue weighted by Gasteiger charge is -2.26. The number of hydrogen-bond acceptors (Lipinski definition) is 2. The summed E-state index contributed by atoms with van der Waals surface area (Å²) in [4.78, 5) is 15.5. The Morgan fingerprint density at radius 1 is 1.11 bits per heavy atom. The van der Waals surface area contributed by atoms with E-state index >= 15 is 0 Å². The van der Waals surface area contributed by atoms with Crippen molar-refractivity contribution in [3.8, 4) is 0 Å². The lowest BCUT2D eigenvalue weighted by Crippen LogP contribution is -2.30. The molecule has 1 aliphatic heterocycles. The first-order valence-electron chi connectivity index (χ1n) is 9.52. The Labute approximate surface area is 161 Å². The molecular weight excluding hydrogens is 332 g/mol. The van der Waals surface area contributed by atoms with Crippen molar-refractivity contribution in [2.45, 2.75) is 33.6 Å². The third-order valence-corrected chi connectivity index (χ3v) is 5.35. The molecule has 1 saturated heterocycles. The number of carbonyl (C=O) groups excluding carboxylic acids is 1. The van der Waals surface area contributed by atoms with Gasteiger partial charge in [0.25, 0.3) is 5.91 Å². The van der Waals surface area contributed by atoms with Gasteiger partial charge in [-0.15, -0.1) is 0 Å². The number of aryl methyl sites for hydroxylation is 2. The summed E-state index contributed by atoms with van der Waals surface area (Å²) in [5.41, 5.74) is 6.17. The molecule has 0 radical (unpaired) electrons. The molecule has 1 aliphatic rings. The second-order valence-electron chi connectivity index (χ2n) is 7.28. The predicted octanol–water partition coefficient (Wildman–Crippen LogP) is 3.60. The topological polar surface area (TPSA) is 32.3 Å². The number of nitrogens with zero attached hydrogens (tertiary/aromatic N) is 1. The van der Waals surface area contributed by atoms with Crippen molar-refractivity contribution in [3.63, 3.8) is 0 Å². The molecule has 3 heteroatoms. The molecule has 1 heterocycles. The monoisotopic (exact) mass is 360 g/mol. The van der Waals surface area contributed by atoms with Crippen LogP contribution >= 0.6 is 0 Å². The van der Waals surface area contributed by atoms with E-state index in [1.54, 1.807) is 6.08 Å².